The number of aromatic nitrogens is 1. The number of hydrogen-bond acceptors (Lipinski definition) is 4. The summed E-state index contributed by atoms with van der Waals surface area (Å²) >= 11 is 0. The van der Waals surface area contributed by atoms with E-state index in [0.29, 0.717) is 17.4 Å². The average molecular weight is 362 g/mol. The molecule has 6 nitrogen and oxygen atoms in total. The Kier molecular flexibility index (Phi) is 4.48. The lowest BCUT2D eigenvalue weighted by molar-refractivity contribution is 0.0555. The highest BCUT2D eigenvalue weighted by Gasteiger charge is 2.20. The predicted molar refractivity (Wildman–Crippen MR) is 103 cm³/mol. The van der Waals surface area contributed by atoms with E-state index in [2.05, 4.69) is 4.98 Å². The van der Waals surface area contributed by atoms with Crippen LogP contribution in [0, 0.1) is 0 Å². The Bertz CT molecular complexity index is 1180. The molecule has 0 unspecified atom stereocenters. The number of aromatic amines is 1. The SMILES string of the molecule is O=C(c1cc2ccccc2oc1=O)N(CO)CCc1c[nH]c2ccccc12. The Hall–Kier alpha value is -3.38. The summed E-state index contributed by atoms with van der Waals surface area (Å²) in [4.78, 5) is 29.4. The van der Waals surface area contributed by atoms with Crippen molar-refractivity contribution >= 4 is 27.8 Å². The number of hydrogen-bond donors (Lipinski definition) is 2. The lowest BCUT2D eigenvalue weighted by Crippen LogP contribution is -2.36. The molecule has 2 aromatic carbocycles. The molecule has 4 rings (SSSR count). The molecule has 27 heavy (non-hydrogen) atoms. The minimum Gasteiger partial charge on any atom is -0.422 e. The highest BCUT2D eigenvalue weighted by molar-refractivity contribution is 5.96. The third kappa shape index (κ3) is 3.22. The summed E-state index contributed by atoms with van der Waals surface area (Å²) in [5, 5.41) is 11.4. The Morgan fingerprint density at radius 2 is 1.89 bits per heavy atom. The zero-order valence-electron chi connectivity index (χ0n) is 14.5. The molecule has 0 radical (unpaired) electrons. The summed E-state index contributed by atoms with van der Waals surface area (Å²) in [6, 6.07) is 16.4. The molecule has 0 aliphatic carbocycles. The standard InChI is InChI=1S/C21H18N2O4/c24-13-23(10-9-15-12-22-18-7-3-2-6-16(15)18)20(25)17-11-14-5-1-4-8-19(14)27-21(17)26/h1-8,11-12,22,24H,9-10,13H2. The summed E-state index contributed by atoms with van der Waals surface area (Å²) in [5.74, 6) is -0.545. The van der Waals surface area contributed by atoms with Gasteiger partial charge in [-0.1, -0.05) is 36.4 Å². The number of para-hydroxylation sites is 2. The van der Waals surface area contributed by atoms with Crippen LogP contribution in [0.5, 0.6) is 0 Å². The van der Waals surface area contributed by atoms with Crippen molar-refractivity contribution in [2.45, 2.75) is 6.42 Å². The molecule has 4 aromatic rings. The molecule has 0 aliphatic heterocycles. The molecule has 0 saturated heterocycles. The zero-order chi connectivity index (χ0) is 18.8. The fourth-order valence-corrected chi connectivity index (χ4v) is 3.21. The Morgan fingerprint density at radius 3 is 2.74 bits per heavy atom. The monoisotopic (exact) mass is 362 g/mol. The van der Waals surface area contributed by atoms with Gasteiger partial charge in [0.15, 0.2) is 0 Å². The molecule has 0 fully saturated rings. The number of aliphatic hydroxyl groups is 1. The molecule has 0 bridgehead atoms. The van der Waals surface area contributed by atoms with Gasteiger partial charge >= 0.3 is 5.63 Å². The third-order valence-electron chi connectivity index (χ3n) is 4.66. The highest BCUT2D eigenvalue weighted by atomic mass is 16.4. The third-order valence-corrected chi connectivity index (χ3v) is 4.66. The van der Waals surface area contributed by atoms with Crippen LogP contribution in [0.4, 0.5) is 0 Å². The van der Waals surface area contributed by atoms with Gasteiger partial charge in [0.2, 0.25) is 0 Å². The molecule has 0 saturated carbocycles. The lowest BCUT2D eigenvalue weighted by atomic mass is 10.1. The fraction of sp³-hybridized carbons (Fsp3) is 0.143. The molecule has 0 spiro atoms. The van der Waals surface area contributed by atoms with Crippen molar-refractivity contribution < 1.29 is 14.3 Å². The number of carbonyl (C=O) groups is 1. The van der Waals surface area contributed by atoms with E-state index in [1.807, 2.05) is 30.5 Å². The lowest BCUT2D eigenvalue weighted by Gasteiger charge is -2.19. The number of benzene rings is 2. The minimum absolute atomic E-state index is 0.0818. The number of H-pyrrole nitrogens is 1. The second kappa shape index (κ2) is 7.09. The van der Waals surface area contributed by atoms with Crippen molar-refractivity contribution in [1.29, 1.82) is 0 Å². The van der Waals surface area contributed by atoms with Crippen molar-refractivity contribution in [3.8, 4) is 0 Å². The second-order valence-corrected chi connectivity index (χ2v) is 6.30. The van der Waals surface area contributed by atoms with E-state index in [1.54, 1.807) is 24.3 Å². The van der Waals surface area contributed by atoms with Crippen molar-refractivity contribution in [2.75, 3.05) is 13.3 Å². The molecule has 0 atom stereocenters. The molecular formula is C21H18N2O4. The summed E-state index contributed by atoms with van der Waals surface area (Å²) in [5.41, 5.74) is 1.70. The van der Waals surface area contributed by atoms with Gasteiger partial charge in [0.05, 0.1) is 0 Å². The molecule has 0 aliphatic rings. The van der Waals surface area contributed by atoms with Crippen LogP contribution < -0.4 is 5.63 Å². The van der Waals surface area contributed by atoms with Gasteiger partial charge in [0.1, 0.15) is 17.9 Å². The summed E-state index contributed by atoms with van der Waals surface area (Å²) < 4.78 is 5.23. The molecule has 1 amide bonds. The maximum absolute atomic E-state index is 12.8. The van der Waals surface area contributed by atoms with Crippen LogP contribution in [0.3, 0.4) is 0 Å². The van der Waals surface area contributed by atoms with E-state index < -0.39 is 18.3 Å². The summed E-state index contributed by atoms with van der Waals surface area (Å²) in [7, 11) is 0. The summed E-state index contributed by atoms with van der Waals surface area (Å²) in [6.07, 6.45) is 2.45. The van der Waals surface area contributed by atoms with Gasteiger partial charge in [0.25, 0.3) is 5.91 Å². The number of fused-ring (bicyclic) bond motifs is 2. The van der Waals surface area contributed by atoms with Crippen molar-refractivity contribution in [3.63, 3.8) is 0 Å². The number of amides is 1. The van der Waals surface area contributed by atoms with Crippen molar-refractivity contribution in [1.82, 2.24) is 9.88 Å². The average Bonchev–Trinajstić information content (AvgIpc) is 3.11. The van der Waals surface area contributed by atoms with Gasteiger partial charge in [-0.25, -0.2) is 4.79 Å². The molecule has 136 valence electrons. The van der Waals surface area contributed by atoms with Crippen molar-refractivity contribution in [2.24, 2.45) is 0 Å². The zero-order valence-corrected chi connectivity index (χ0v) is 14.5. The first-order valence-electron chi connectivity index (χ1n) is 8.65. The molecule has 2 heterocycles. The van der Waals surface area contributed by atoms with Crippen molar-refractivity contribution in [3.05, 3.63) is 82.3 Å². The van der Waals surface area contributed by atoms with Gasteiger partial charge in [-0.05, 0) is 30.2 Å². The molecule has 6 heteroatoms. The molecule has 2 N–H and O–H groups in total. The van der Waals surface area contributed by atoms with Crippen LogP contribution in [0.1, 0.15) is 15.9 Å². The topological polar surface area (TPSA) is 86.5 Å². The number of nitrogens with one attached hydrogen (secondary N) is 1. The van der Waals surface area contributed by atoms with Crippen LogP contribution in [0.25, 0.3) is 21.9 Å². The van der Waals surface area contributed by atoms with E-state index in [0.717, 1.165) is 16.5 Å². The van der Waals surface area contributed by atoms with Gasteiger partial charge in [-0.15, -0.1) is 0 Å². The van der Waals surface area contributed by atoms with E-state index in [-0.39, 0.29) is 12.1 Å². The van der Waals surface area contributed by atoms with E-state index in [1.165, 1.54) is 11.0 Å². The maximum Gasteiger partial charge on any atom is 0.349 e. The Labute approximate surface area is 154 Å². The van der Waals surface area contributed by atoms with Gasteiger partial charge in [0, 0.05) is 29.0 Å². The maximum atomic E-state index is 12.8. The number of carbonyl (C=O) groups excluding carboxylic acids is 1. The normalized spacial score (nSPS) is 11.1. The van der Waals surface area contributed by atoms with Gasteiger partial charge in [-0.3, -0.25) is 4.79 Å². The van der Waals surface area contributed by atoms with E-state index in [9.17, 15) is 14.7 Å². The fourth-order valence-electron chi connectivity index (χ4n) is 3.21. The quantitative estimate of drug-likeness (QED) is 0.422. The van der Waals surface area contributed by atoms with E-state index >= 15 is 0 Å². The highest BCUT2D eigenvalue weighted by Crippen LogP contribution is 2.19. The van der Waals surface area contributed by atoms with Crippen LogP contribution >= 0.6 is 0 Å². The van der Waals surface area contributed by atoms with Gasteiger partial charge in [-0.2, -0.15) is 0 Å². The number of aliphatic hydroxyl groups excluding tert-OH is 1. The van der Waals surface area contributed by atoms with Crippen LogP contribution in [-0.2, 0) is 6.42 Å². The minimum atomic E-state index is -0.704. The Morgan fingerprint density at radius 1 is 1.11 bits per heavy atom. The second-order valence-electron chi connectivity index (χ2n) is 6.30. The molecule has 2 aromatic heterocycles. The Balaban J connectivity index is 1.58. The first-order chi connectivity index (χ1) is 13.2. The summed E-state index contributed by atoms with van der Waals surface area (Å²) in [6.45, 7) is -0.198. The first-order valence-corrected chi connectivity index (χ1v) is 8.65. The largest absolute Gasteiger partial charge is 0.422 e. The smallest absolute Gasteiger partial charge is 0.349 e. The number of rotatable bonds is 5. The van der Waals surface area contributed by atoms with Crippen LogP contribution in [0.2, 0.25) is 0 Å². The van der Waals surface area contributed by atoms with E-state index in [4.69, 9.17) is 4.42 Å². The van der Waals surface area contributed by atoms with Crippen LogP contribution in [-0.4, -0.2) is 34.2 Å². The van der Waals surface area contributed by atoms with Gasteiger partial charge < -0.3 is 19.4 Å². The molecular weight excluding hydrogens is 344 g/mol. The number of nitrogens with zero attached hydrogens (tertiary/aromatic N) is 1. The van der Waals surface area contributed by atoms with Crippen LogP contribution in [0.15, 0.2) is 70.0 Å². The predicted octanol–water partition coefficient (Wildman–Crippen LogP) is 2.91. The first kappa shape index (κ1) is 17.1.